The van der Waals surface area contributed by atoms with E-state index < -0.39 is 5.97 Å². The van der Waals surface area contributed by atoms with Gasteiger partial charge in [0, 0.05) is 35.7 Å². The number of aromatic nitrogens is 2. The zero-order valence-electron chi connectivity index (χ0n) is 13.8. The lowest BCUT2D eigenvalue weighted by Gasteiger charge is -2.15. The summed E-state index contributed by atoms with van der Waals surface area (Å²) >= 11 is 0. The molecule has 0 aliphatic heterocycles. The maximum Gasteiger partial charge on any atom is 0.335 e. The number of hydrogen-bond acceptors (Lipinski definition) is 4. The van der Waals surface area contributed by atoms with Crippen LogP contribution in [0.5, 0.6) is 0 Å². The third-order valence-electron chi connectivity index (χ3n) is 4.72. The molecule has 0 atom stereocenters. The molecule has 0 radical (unpaired) electrons. The van der Waals surface area contributed by atoms with Crippen molar-refractivity contribution in [1.29, 1.82) is 0 Å². The molecule has 3 aromatic rings. The average molecular weight is 333 g/mol. The lowest BCUT2D eigenvalue weighted by atomic mass is 10.0. The van der Waals surface area contributed by atoms with Crippen molar-refractivity contribution < 1.29 is 9.90 Å². The number of fused-ring (bicyclic) bond motifs is 2. The normalized spacial score (nSPS) is 13.0. The van der Waals surface area contributed by atoms with Crippen LogP contribution in [0.25, 0.3) is 10.9 Å². The van der Waals surface area contributed by atoms with Crippen molar-refractivity contribution >= 4 is 22.6 Å². The van der Waals surface area contributed by atoms with Crippen LogP contribution in [-0.2, 0) is 19.3 Å². The Morgan fingerprint density at radius 2 is 2.00 bits per heavy atom. The molecule has 1 aliphatic rings. The number of carboxylic acid groups (broad SMARTS) is 1. The predicted octanol–water partition coefficient (Wildman–Crippen LogP) is 3.47. The standard InChI is InChI=1S/C20H19N3O2/c24-20(25)14-4-5-18-16(12-14)19(15-2-1-3-17(15)23-18)22-11-8-13-6-9-21-10-7-13/h4-7,9-10,12H,1-3,8,11H2,(H,22,23)(H,24,25). The van der Waals surface area contributed by atoms with Gasteiger partial charge < -0.3 is 10.4 Å². The zero-order chi connectivity index (χ0) is 17.2. The minimum Gasteiger partial charge on any atom is -0.478 e. The number of anilines is 1. The highest BCUT2D eigenvalue weighted by Crippen LogP contribution is 2.34. The number of aromatic carboxylic acids is 1. The van der Waals surface area contributed by atoms with E-state index >= 15 is 0 Å². The van der Waals surface area contributed by atoms with Crippen molar-refractivity contribution in [1.82, 2.24) is 9.97 Å². The van der Waals surface area contributed by atoms with Crippen molar-refractivity contribution in [2.45, 2.75) is 25.7 Å². The number of aryl methyl sites for hydroxylation is 1. The molecular formula is C20H19N3O2. The molecule has 1 aromatic carbocycles. The van der Waals surface area contributed by atoms with E-state index in [1.807, 2.05) is 18.2 Å². The summed E-state index contributed by atoms with van der Waals surface area (Å²) in [5, 5.41) is 13.8. The summed E-state index contributed by atoms with van der Waals surface area (Å²) < 4.78 is 0. The monoisotopic (exact) mass is 333 g/mol. The molecule has 5 nitrogen and oxygen atoms in total. The van der Waals surface area contributed by atoms with Gasteiger partial charge in [0.2, 0.25) is 0 Å². The Hall–Kier alpha value is -2.95. The van der Waals surface area contributed by atoms with Gasteiger partial charge in [0.15, 0.2) is 0 Å². The Morgan fingerprint density at radius 3 is 2.80 bits per heavy atom. The van der Waals surface area contributed by atoms with Crippen molar-refractivity contribution in [2.75, 3.05) is 11.9 Å². The molecule has 5 heteroatoms. The van der Waals surface area contributed by atoms with Crippen molar-refractivity contribution in [3.05, 3.63) is 65.1 Å². The highest BCUT2D eigenvalue weighted by Gasteiger charge is 2.20. The Bertz CT molecular complexity index is 939. The van der Waals surface area contributed by atoms with Crippen LogP contribution >= 0.6 is 0 Å². The van der Waals surface area contributed by atoms with Gasteiger partial charge in [0.25, 0.3) is 0 Å². The molecule has 2 N–H and O–H groups in total. The van der Waals surface area contributed by atoms with Gasteiger partial charge in [0.05, 0.1) is 11.1 Å². The quantitative estimate of drug-likeness (QED) is 0.748. The molecule has 0 saturated carbocycles. The number of benzene rings is 1. The lowest BCUT2D eigenvalue weighted by molar-refractivity contribution is 0.0697. The first-order valence-electron chi connectivity index (χ1n) is 8.54. The van der Waals surface area contributed by atoms with E-state index in [4.69, 9.17) is 4.98 Å². The highest BCUT2D eigenvalue weighted by molar-refractivity contribution is 5.99. The first kappa shape index (κ1) is 15.6. The largest absolute Gasteiger partial charge is 0.478 e. The summed E-state index contributed by atoms with van der Waals surface area (Å²) in [6.45, 7) is 0.785. The van der Waals surface area contributed by atoms with Crippen LogP contribution in [0, 0.1) is 0 Å². The topological polar surface area (TPSA) is 75.1 Å². The van der Waals surface area contributed by atoms with E-state index in [9.17, 15) is 9.90 Å². The highest BCUT2D eigenvalue weighted by atomic mass is 16.4. The molecule has 0 spiro atoms. The van der Waals surface area contributed by atoms with E-state index in [1.165, 1.54) is 11.1 Å². The van der Waals surface area contributed by atoms with Crippen LogP contribution < -0.4 is 5.32 Å². The number of nitrogens with one attached hydrogen (secondary N) is 1. The molecule has 0 saturated heterocycles. The molecule has 0 bridgehead atoms. The van der Waals surface area contributed by atoms with E-state index in [1.54, 1.807) is 24.5 Å². The Labute approximate surface area is 145 Å². The predicted molar refractivity (Wildman–Crippen MR) is 97.2 cm³/mol. The van der Waals surface area contributed by atoms with Gasteiger partial charge in [-0.15, -0.1) is 0 Å². The number of carboxylic acids is 1. The molecule has 126 valence electrons. The fraction of sp³-hybridized carbons (Fsp3) is 0.250. The van der Waals surface area contributed by atoms with Crippen LogP contribution in [0.15, 0.2) is 42.7 Å². The van der Waals surface area contributed by atoms with Crippen molar-refractivity contribution in [3.8, 4) is 0 Å². The lowest BCUT2D eigenvalue weighted by Crippen LogP contribution is -2.09. The smallest absolute Gasteiger partial charge is 0.335 e. The summed E-state index contributed by atoms with van der Waals surface area (Å²) in [5.74, 6) is -0.912. The molecule has 25 heavy (non-hydrogen) atoms. The van der Waals surface area contributed by atoms with E-state index in [0.717, 1.165) is 54.5 Å². The van der Waals surface area contributed by atoms with Gasteiger partial charge in [-0.05, 0) is 67.1 Å². The van der Waals surface area contributed by atoms with E-state index in [0.29, 0.717) is 5.56 Å². The summed E-state index contributed by atoms with van der Waals surface area (Å²) in [4.78, 5) is 20.1. The number of pyridine rings is 2. The fourth-order valence-electron chi connectivity index (χ4n) is 3.48. The van der Waals surface area contributed by atoms with Gasteiger partial charge in [-0.25, -0.2) is 4.79 Å². The first-order valence-corrected chi connectivity index (χ1v) is 8.54. The Balaban J connectivity index is 1.69. The molecule has 0 amide bonds. The number of hydrogen-bond donors (Lipinski definition) is 2. The second-order valence-electron chi connectivity index (χ2n) is 6.33. The fourth-order valence-corrected chi connectivity index (χ4v) is 3.48. The van der Waals surface area contributed by atoms with Gasteiger partial charge in [0.1, 0.15) is 0 Å². The molecule has 4 rings (SSSR count). The number of rotatable bonds is 5. The summed E-state index contributed by atoms with van der Waals surface area (Å²) in [5.41, 5.74) is 5.81. The Kier molecular flexibility index (Phi) is 4.06. The number of carbonyl (C=O) groups is 1. The SMILES string of the molecule is O=C(O)c1ccc2nc3c(c(NCCc4ccncc4)c2c1)CCC3. The molecule has 0 fully saturated rings. The van der Waals surface area contributed by atoms with Crippen molar-refractivity contribution in [2.24, 2.45) is 0 Å². The summed E-state index contributed by atoms with van der Waals surface area (Å²) in [6.07, 6.45) is 7.57. The maximum absolute atomic E-state index is 11.3. The summed E-state index contributed by atoms with van der Waals surface area (Å²) in [7, 11) is 0. The van der Waals surface area contributed by atoms with Crippen molar-refractivity contribution in [3.63, 3.8) is 0 Å². The molecule has 2 aromatic heterocycles. The van der Waals surface area contributed by atoms with Gasteiger partial charge in [-0.2, -0.15) is 0 Å². The van der Waals surface area contributed by atoms with Crippen LogP contribution in [-0.4, -0.2) is 27.6 Å². The van der Waals surface area contributed by atoms with Crippen LogP contribution in [0.2, 0.25) is 0 Å². The summed E-state index contributed by atoms with van der Waals surface area (Å²) in [6, 6.07) is 9.20. The minimum atomic E-state index is -0.912. The molecule has 1 aliphatic carbocycles. The van der Waals surface area contributed by atoms with E-state index in [2.05, 4.69) is 10.3 Å². The second kappa shape index (κ2) is 6.51. The molecule has 2 heterocycles. The van der Waals surface area contributed by atoms with Crippen LogP contribution in [0.4, 0.5) is 5.69 Å². The third kappa shape index (κ3) is 3.05. The van der Waals surface area contributed by atoms with E-state index in [-0.39, 0.29) is 0 Å². The van der Waals surface area contributed by atoms with Crippen LogP contribution in [0.1, 0.15) is 33.6 Å². The van der Waals surface area contributed by atoms with Gasteiger partial charge in [-0.3, -0.25) is 9.97 Å². The minimum absolute atomic E-state index is 0.296. The first-order chi connectivity index (χ1) is 12.2. The van der Waals surface area contributed by atoms with Gasteiger partial charge >= 0.3 is 5.97 Å². The van der Waals surface area contributed by atoms with Crippen LogP contribution in [0.3, 0.4) is 0 Å². The molecule has 0 unspecified atom stereocenters. The average Bonchev–Trinajstić information content (AvgIpc) is 3.09. The van der Waals surface area contributed by atoms with Gasteiger partial charge in [-0.1, -0.05) is 0 Å². The second-order valence-corrected chi connectivity index (χ2v) is 6.33. The third-order valence-corrected chi connectivity index (χ3v) is 4.72. The maximum atomic E-state index is 11.3. The Morgan fingerprint density at radius 1 is 1.16 bits per heavy atom. The molecular weight excluding hydrogens is 314 g/mol. The zero-order valence-corrected chi connectivity index (χ0v) is 13.8. The number of nitrogens with zero attached hydrogens (tertiary/aromatic N) is 2.